The molecule has 3 N–H and O–H groups in total. The molecular formula is C19H25N3O3. The zero-order valence-corrected chi connectivity index (χ0v) is 14.5. The summed E-state index contributed by atoms with van der Waals surface area (Å²) >= 11 is 0. The molecule has 1 aliphatic carbocycles. The third-order valence-corrected chi connectivity index (χ3v) is 4.84. The summed E-state index contributed by atoms with van der Waals surface area (Å²) in [6.45, 7) is 0.836. The molecule has 0 spiro atoms. The van der Waals surface area contributed by atoms with Crippen LogP contribution in [-0.2, 0) is 16.1 Å². The maximum Gasteiger partial charge on any atom is 0.251 e. The Morgan fingerprint density at radius 3 is 2.80 bits per heavy atom. The molecule has 0 saturated heterocycles. The summed E-state index contributed by atoms with van der Waals surface area (Å²) in [7, 11) is 1.65. The molecule has 0 unspecified atom stereocenters. The third-order valence-electron chi connectivity index (χ3n) is 4.84. The van der Waals surface area contributed by atoms with E-state index in [9.17, 15) is 9.59 Å². The van der Waals surface area contributed by atoms with Crippen LogP contribution in [0, 0.1) is 0 Å². The number of benzene rings is 1. The van der Waals surface area contributed by atoms with Gasteiger partial charge in [0, 0.05) is 18.0 Å². The molecule has 0 radical (unpaired) electrons. The Morgan fingerprint density at radius 2 is 2.08 bits per heavy atom. The number of imide groups is 1. The normalized spacial score (nSPS) is 16.7. The molecular weight excluding hydrogens is 318 g/mol. The van der Waals surface area contributed by atoms with Gasteiger partial charge in [-0.05, 0) is 43.7 Å². The Labute approximate surface area is 147 Å². The maximum absolute atomic E-state index is 11.9. The van der Waals surface area contributed by atoms with Crippen molar-refractivity contribution in [3.05, 3.63) is 35.6 Å². The van der Waals surface area contributed by atoms with Gasteiger partial charge in [-0.25, -0.2) is 0 Å². The number of hydrogen-bond acceptors (Lipinski definition) is 5. The zero-order valence-electron chi connectivity index (χ0n) is 14.5. The number of carbonyl (C=O) groups excluding carboxylic acids is 2. The van der Waals surface area contributed by atoms with Crippen LogP contribution in [0.1, 0.15) is 49.5 Å². The van der Waals surface area contributed by atoms with Crippen molar-refractivity contribution < 1.29 is 14.0 Å². The fourth-order valence-corrected chi connectivity index (χ4v) is 3.48. The van der Waals surface area contributed by atoms with E-state index >= 15 is 0 Å². The molecule has 3 rings (SSSR count). The highest BCUT2D eigenvalue weighted by Crippen LogP contribution is 2.25. The van der Waals surface area contributed by atoms with E-state index < -0.39 is 11.9 Å². The molecule has 1 atom stereocenters. The van der Waals surface area contributed by atoms with Gasteiger partial charge in [0.25, 0.3) is 5.91 Å². The van der Waals surface area contributed by atoms with Gasteiger partial charge in [-0.3, -0.25) is 14.9 Å². The Morgan fingerprint density at radius 1 is 1.28 bits per heavy atom. The van der Waals surface area contributed by atoms with Gasteiger partial charge in [0.05, 0.1) is 0 Å². The molecule has 0 bridgehead atoms. The van der Waals surface area contributed by atoms with Crippen LogP contribution in [0.25, 0.3) is 11.0 Å². The van der Waals surface area contributed by atoms with Crippen LogP contribution < -0.4 is 16.0 Å². The van der Waals surface area contributed by atoms with E-state index in [4.69, 9.17) is 4.42 Å². The third kappa shape index (κ3) is 4.27. The lowest BCUT2D eigenvalue weighted by atomic mass is 9.95. The molecule has 25 heavy (non-hydrogen) atoms. The monoisotopic (exact) mass is 343 g/mol. The number of hydrogen-bond donors (Lipinski definition) is 3. The number of amides is 2. The van der Waals surface area contributed by atoms with E-state index in [2.05, 4.69) is 22.0 Å². The molecule has 1 saturated carbocycles. The number of rotatable bonds is 7. The predicted molar refractivity (Wildman–Crippen MR) is 95.9 cm³/mol. The summed E-state index contributed by atoms with van der Waals surface area (Å²) in [5, 5.41) is 9.61. The molecule has 1 aromatic carbocycles. The molecule has 1 aromatic heterocycles. The first kappa shape index (κ1) is 17.6. The van der Waals surface area contributed by atoms with E-state index in [1.807, 2.05) is 18.2 Å². The summed E-state index contributed by atoms with van der Waals surface area (Å²) in [5.74, 6) is 0.0602. The van der Waals surface area contributed by atoms with Crippen molar-refractivity contribution in [3.8, 4) is 0 Å². The lowest BCUT2D eigenvalue weighted by Crippen LogP contribution is -2.34. The maximum atomic E-state index is 11.9. The van der Waals surface area contributed by atoms with Crippen molar-refractivity contribution in [3.63, 3.8) is 0 Å². The highest BCUT2D eigenvalue weighted by molar-refractivity contribution is 5.91. The minimum atomic E-state index is -0.693. The summed E-state index contributed by atoms with van der Waals surface area (Å²) in [6, 6.07) is 7.84. The van der Waals surface area contributed by atoms with Gasteiger partial charge in [0.15, 0.2) is 0 Å². The first-order chi connectivity index (χ1) is 12.2. The molecule has 1 aliphatic rings. The van der Waals surface area contributed by atoms with Crippen molar-refractivity contribution in [2.45, 2.75) is 50.7 Å². The van der Waals surface area contributed by atoms with Crippen LogP contribution in [0.2, 0.25) is 0 Å². The van der Waals surface area contributed by atoms with Gasteiger partial charge in [-0.2, -0.15) is 0 Å². The molecule has 0 aliphatic heterocycles. The second-order valence-electron chi connectivity index (χ2n) is 6.58. The fourth-order valence-electron chi connectivity index (χ4n) is 3.48. The van der Waals surface area contributed by atoms with E-state index in [1.54, 1.807) is 7.05 Å². The van der Waals surface area contributed by atoms with Gasteiger partial charge in [0.2, 0.25) is 6.41 Å². The summed E-state index contributed by atoms with van der Waals surface area (Å²) in [5.41, 5.74) is 1.93. The number of nitrogens with one attached hydrogen (secondary N) is 3. The minimum absolute atomic E-state index is 0.379. The Bertz CT molecular complexity index is 735. The SMILES string of the molecule is CN[C@H](C(=O)NC=O)c1cc2cc(CNC3CCCCC3)ccc2o1. The molecule has 1 fully saturated rings. The van der Waals surface area contributed by atoms with Gasteiger partial charge in [0.1, 0.15) is 17.4 Å². The second kappa shape index (κ2) is 8.27. The van der Waals surface area contributed by atoms with Crippen molar-refractivity contribution in [2.24, 2.45) is 0 Å². The van der Waals surface area contributed by atoms with Crippen molar-refractivity contribution in [1.29, 1.82) is 0 Å². The predicted octanol–water partition coefficient (Wildman–Crippen LogP) is 2.39. The summed E-state index contributed by atoms with van der Waals surface area (Å²) in [4.78, 5) is 22.4. The van der Waals surface area contributed by atoms with E-state index in [0.717, 1.165) is 17.5 Å². The van der Waals surface area contributed by atoms with Crippen LogP contribution in [0.4, 0.5) is 0 Å². The number of fused-ring (bicyclic) bond motifs is 1. The smallest absolute Gasteiger partial charge is 0.251 e. The van der Waals surface area contributed by atoms with Crippen LogP contribution in [0.5, 0.6) is 0 Å². The van der Waals surface area contributed by atoms with Crippen LogP contribution in [-0.4, -0.2) is 25.4 Å². The fraction of sp³-hybridized carbons (Fsp3) is 0.474. The average molecular weight is 343 g/mol. The number of furan rings is 1. The Kier molecular flexibility index (Phi) is 5.83. The number of carbonyl (C=O) groups is 2. The first-order valence-electron chi connectivity index (χ1n) is 8.88. The molecule has 2 amide bonds. The van der Waals surface area contributed by atoms with Gasteiger partial charge in [-0.1, -0.05) is 25.3 Å². The summed E-state index contributed by atoms with van der Waals surface area (Å²) in [6.07, 6.45) is 6.88. The van der Waals surface area contributed by atoms with Crippen LogP contribution in [0.15, 0.2) is 28.7 Å². The first-order valence-corrected chi connectivity index (χ1v) is 8.88. The van der Waals surface area contributed by atoms with Gasteiger partial charge >= 0.3 is 0 Å². The van der Waals surface area contributed by atoms with E-state index in [-0.39, 0.29) is 0 Å². The molecule has 6 nitrogen and oxygen atoms in total. The topological polar surface area (TPSA) is 83.4 Å². The molecule has 134 valence electrons. The second-order valence-corrected chi connectivity index (χ2v) is 6.58. The number of likely N-dealkylation sites (N-methyl/N-ethyl adjacent to an activating group) is 1. The van der Waals surface area contributed by atoms with Crippen LogP contribution in [0.3, 0.4) is 0 Å². The average Bonchev–Trinajstić information content (AvgIpc) is 3.04. The minimum Gasteiger partial charge on any atom is -0.459 e. The molecule has 6 heteroatoms. The Hall–Kier alpha value is -2.18. The van der Waals surface area contributed by atoms with Crippen molar-refractivity contribution in [1.82, 2.24) is 16.0 Å². The largest absolute Gasteiger partial charge is 0.459 e. The van der Waals surface area contributed by atoms with Gasteiger partial charge < -0.3 is 15.1 Å². The van der Waals surface area contributed by atoms with E-state index in [1.165, 1.54) is 37.7 Å². The van der Waals surface area contributed by atoms with Crippen molar-refractivity contribution >= 4 is 23.3 Å². The van der Waals surface area contributed by atoms with E-state index in [0.29, 0.717) is 18.2 Å². The van der Waals surface area contributed by atoms with Gasteiger partial charge in [-0.15, -0.1) is 0 Å². The van der Waals surface area contributed by atoms with Crippen molar-refractivity contribution in [2.75, 3.05) is 7.05 Å². The summed E-state index contributed by atoms with van der Waals surface area (Å²) < 4.78 is 5.78. The Balaban J connectivity index is 1.71. The quantitative estimate of drug-likeness (QED) is 0.672. The van der Waals surface area contributed by atoms with Crippen LogP contribution >= 0.6 is 0 Å². The zero-order chi connectivity index (χ0) is 17.6. The molecule has 1 heterocycles. The lowest BCUT2D eigenvalue weighted by molar-refractivity contribution is -0.127. The molecule has 2 aromatic rings. The highest BCUT2D eigenvalue weighted by atomic mass is 16.3. The standard InChI is InChI=1S/C19H25N3O3/c1-20-18(19(24)22-12-23)17-10-14-9-13(7-8-16(14)25-17)11-21-15-5-3-2-4-6-15/h7-10,12,15,18,20-21H,2-6,11H2,1H3,(H,22,23,24)/t18-/m0/s1. The highest BCUT2D eigenvalue weighted by Gasteiger charge is 2.22. The lowest BCUT2D eigenvalue weighted by Gasteiger charge is -2.22.